The first-order valence-corrected chi connectivity index (χ1v) is 12.2. The lowest BCUT2D eigenvalue weighted by molar-refractivity contribution is -0.160. The summed E-state index contributed by atoms with van der Waals surface area (Å²) in [6, 6.07) is 0. The second kappa shape index (κ2) is 7.52. The van der Waals surface area contributed by atoms with E-state index in [1.165, 1.54) is 51.4 Å². The lowest BCUT2D eigenvalue weighted by Gasteiger charge is -2.63. The quantitative estimate of drug-likeness (QED) is 0.565. The highest BCUT2D eigenvalue weighted by atomic mass is 31.0. The predicted molar refractivity (Wildman–Crippen MR) is 116 cm³/mol. The highest BCUT2D eigenvalue weighted by molar-refractivity contribution is 7.09. The van der Waals surface area contributed by atoms with Crippen LogP contribution in [0.2, 0.25) is 0 Å². The molecule has 4 aliphatic rings. The third-order valence-corrected chi connectivity index (χ3v) is 10.7. The molecule has 0 bridgehead atoms. The van der Waals surface area contributed by atoms with Crippen LogP contribution in [0.1, 0.15) is 85.5 Å². The van der Waals surface area contributed by atoms with Gasteiger partial charge in [0.25, 0.3) is 0 Å². The van der Waals surface area contributed by atoms with Crippen molar-refractivity contribution in [1.82, 2.24) is 0 Å². The van der Waals surface area contributed by atoms with Gasteiger partial charge in [0.05, 0.1) is 6.10 Å². The molecule has 0 heterocycles. The maximum Gasteiger partial charge on any atom is 0.303 e. The molecule has 4 fully saturated rings. The van der Waals surface area contributed by atoms with E-state index >= 15 is 0 Å². The minimum atomic E-state index is -0.635. The third kappa shape index (κ3) is 3.18. The molecule has 4 unspecified atom stereocenters. The Kier molecular flexibility index (Phi) is 5.67. The number of aliphatic carboxylic acids is 1. The first-order valence-electron chi connectivity index (χ1n) is 11.8. The maximum atomic E-state index is 11.4. The van der Waals surface area contributed by atoms with Crippen molar-refractivity contribution in [3.63, 3.8) is 0 Å². The lowest BCUT2D eigenvalue weighted by atomic mass is 9.43. The molecular formula is C24H41O3P. The molecule has 4 heteroatoms. The molecule has 0 spiro atoms. The standard InChI is InChI=1S/C24H41O3P/c1-14-7-9-23(3)16(11-14)13-20(27-28)22-18-6-5-17(15(2)12-21(25)26)24(18,4)10-8-19(22)23/h14-20,22H,5-13,28H2,1-4H3,(H,25,26)/t14-,15-,16+,17-,18?,19?,20?,22+,23+,24-/m1/s1. The molecule has 0 aromatic rings. The van der Waals surface area contributed by atoms with E-state index in [9.17, 15) is 9.90 Å². The van der Waals surface area contributed by atoms with Crippen molar-refractivity contribution in [2.75, 3.05) is 0 Å². The van der Waals surface area contributed by atoms with Gasteiger partial charge in [-0.1, -0.05) is 34.1 Å². The van der Waals surface area contributed by atoms with Gasteiger partial charge in [0.15, 0.2) is 0 Å². The monoisotopic (exact) mass is 408 g/mol. The summed E-state index contributed by atoms with van der Waals surface area (Å²) in [6.07, 6.45) is 11.2. The number of carbonyl (C=O) groups is 1. The fraction of sp³-hybridized carbons (Fsp3) is 0.958. The molecule has 4 saturated carbocycles. The second-order valence-electron chi connectivity index (χ2n) is 11.6. The summed E-state index contributed by atoms with van der Waals surface area (Å²) in [5, 5.41) is 9.35. The smallest absolute Gasteiger partial charge is 0.303 e. The van der Waals surface area contributed by atoms with Crippen LogP contribution in [0.4, 0.5) is 0 Å². The number of rotatable bonds is 4. The average Bonchev–Trinajstić information content (AvgIpc) is 2.98. The van der Waals surface area contributed by atoms with Gasteiger partial charge in [-0.25, -0.2) is 0 Å². The molecule has 0 saturated heterocycles. The summed E-state index contributed by atoms with van der Waals surface area (Å²) in [5.74, 6) is 4.03. The highest BCUT2D eigenvalue weighted by Crippen LogP contribution is 2.69. The number of fused-ring (bicyclic) bond motifs is 5. The van der Waals surface area contributed by atoms with E-state index in [0.717, 1.165) is 17.8 Å². The van der Waals surface area contributed by atoms with Crippen LogP contribution in [0.5, 0.6) is 0 Å². The molecule has 4 rings (SSSR count). The Morgan fingerprint density at radius 1 is 1.11 bits per heavy atom. The van der Waals surface area contributed by atoms with Crippen molar-refractivity contribution < 1.29 is 14.4 Å². The van der Waals surface area contributed by atoms with E-state index < -0.39 is 5.97 Å². The highest BCUT2D eigenvalue weighted by Gasteiger charge is 2.63. The van der Waals surface area contributed by atoms with Gasteiger partial charge >= 0.3 is 5.97 Å². The zero-order valence-corrected chi connectivity index (χ0v) is 19.5. The number of carboxylic acid groups (broad SMARTS) is 1. The summed E-state index contributed by atoms with van der Waals surface area (Å²) in [7, 11) is 2.61. The molecule has 0 aliphatic heterocycles. The van der Waals surface area contributed by atoms with E-state index in [-0.39, 0.29) is 5.92 Å². The number of hydrogen-bond donors (Lipinski definition) is 1. The summed E-state index contributed by atoms with van der Waals surface area (Å²) in [6.45, 7) is 9.73. The first-order chi connectivity index (χ1) is 13.2. The van der Waals surface area contributed by atoms with Crippen molar-refractivity contribution >= 4 is 15.4 Å². The van der Waals surface area contributed by atoms with Crippen LogP contribution in [0, 0.1) is 52.3 Å². The van der Waals surface area contributed by atoms with Crippen molar-refractivity contribution in [2.45, 2.75) is 91.6 Å². The molecule has 0 aromatic carbocycles. The Labute approximate surface area is 174 Å². The Morgan fingerprint density at radius 3 is 2.46 bits per heavy atom. The fourth-order valence-corrected chi connectivity index (χ4v) is 9.24. The zero-order chi connectivity index (χ0) is 20.3. The van der Waals surface area contributed by atoms with Crippen molar-refractivity contribution in [3.8, 4) is 0 Å². The van der Waals surface area contributed by atoms with Crippen molar-refractivity contribution in [1.29, 1.82) is 0 Å². The summed E-state index contributed by atoms with van der Waals surface area (Å²) < 4.78 is 6.13. The zero-order valence-electron chi connectivity index (χ0n) is 18.3. The van der Waals surface area contributed by atoms with Gasteiger partial charge in [0.1, 0.15) is 0 Å². The lowest BCUT2D eigenvalue weighted by Crippen LogP contribution is -2.58. The van der Waals surface area contributed by atoms with Gasteiger partial charge < -0.3 is 9.63 Å². The van der Waals surface area contributed by atoms with Gasteiger partial charge in [-0.3, -0.25) is 4.79 Å². The minimum absolute atomic E-state index is 0.280. The molecule has 4 aliphatic carbocycles. The normalized spacial score (nSPS) is 51.7. The van der Waals surface area contributed by atoms with Crippen LogP contribution in [0.25, 0.3) is 0 Å². The van der Waals surface area contributed by atoms with Crippen LogP contribution in [0.3, 0.4) is 0 Å². The van der Waals surface area contributed by atoms with Crippen LogP contribution in [-0.2, 0) is 9.32 Å². The second-order valence-corrected chi connectivity index (χ2v) is 11.9. The summed E-state index contributed by atoms with van der Waals surface area (Å²) >= 11 is 0. The average molecular weight is 409 g/mol. The third-order valence-electron chi connectivity index (χ3n) is 10.4. The van der Waals surface area contributed by atoms with Gasteiger partial charge in [0, 0.05) is 15.9 Å². The van der Waals surface area contributed by atoms with E-state index in [1.54, 1.807) is 0 Å². The maximum absolute atomic E-state index is 11.4. The topological polar surface area (TPSA) is 46.5 Å². The van der Waals surface area contributed by atoms with Gasteiger partial charge in [-0.05, 0) is 97.2 Å². The van der Waals surface area contributed by atoms with Crippen LogP contribution in [0.15, 0.2) is 0 Å². The molecule has 1 N–H and O–H groups in total. The molecule has 0 aromatic heterocycles. The van der Waals surface area contributed by atoms with Gasteiger partial charge in [0.2, 0.25) is 0 Å². The van der Waals surface area contributed by atoms with E-state index in [2.05, 4.69) is 37.2 Å². The van der Waals surface area contributed by atoms with Crippen molar-refractivity contribution in [2.24, 2.45) is 52.3 Å². The first kappa shape index (κ1) is 21.1. The van der Waals surface area contributed by atoms with Gasteiger partial charge in [-0.15, -0.1) is 0 Å². The van der Waals surface area contributed by atoms with Crippen LogP contribution >= 0.6 is 9.47 Å². The molecule has 0 amide bonds. The Bertz CT molecular complexity index is 609. The molecular weight excluding hydrogens is 367 g/mol. The Balaban J connectivity index is 1.62. The Morgan fingerprint density at radius 2 is 1.79 bits per heavy atom. The number of carboxylic acids is 1. The minimum Gasteiger partial charge on any atom is -0.481 e. The van der Waals surface area contributed by atoms with Crippen LogP contribution in [-0.4, -0.2) is 17.2 Å². The van der Waals surface area contributed by atoms with E-state index in [0.29, 0.717) is 41.1 Å². The predicted octanol–water partition coefficient (Wildman–Crippen LogP) is 6.18. The molecule has 11 atom stereocenters. The fourth-order valence-electron chi connectivity index (χ4n) is 8.95. The molecule has 28 heavy (non-hydrogen) atoms. The Hall–Kier alpha value is -0.140. The van der Waals surface area contributed by atoms with Gasteiger partial charge in [-0.2, -0.15) is 0 Å². The SMILES string of the molecule is C[C@@H]1CC[C@]2(C)C3CC[C@@]4(C)C(CC[C@@H]4[C@H](C)CC(=O)O)[C@@H]3C(OP)C[C@@H]2C1. The molecule has 160 valence electrons. The molecule has 0 radical (unpaired) electrons. The largest absolute Gasteiger partial charge is 0.481 e. The van der Waals surface area contributed by atoms with E-state index in [1.807, 2.05) is 0 Å². The summed E-state index contributed by atoms with van der Waals surface area (Å²) in [4.78, 5) is 11.4. The molecule has 3 nitrogen and oxygen atoms in total. The summed E-state index contributed by atoms with van der Waals surface area (Å²) in [5.41, 5.74) is 0.783. The van der Waals surface area contributed by atoms with E-state index in [4.69, 9.17) is 4.52 Å². The van der Waals surface area contributed by atoms with Crippen LogP contribution < -0.4 is 0 Å². The number of hydrogen-bond acceptors (Lipinski definition) is 2. The van der Waals surface area contributed by atoms with Crippen molar-refractivity contribution in [3.05, 3.63) is 0 Å².